The van der Waals surface area contributed by atoms with Gasteiger partial charge in [0.1, 0.15) is 0 Å². The minimum absolute atomic E-state index is 0.353. The van der Waals surface area contributed by atoms with Crippen molar-refractivity contribution in [1.82, 2.24) is 4.90 Å². The molecule has 1 saturated heterocycles. The lowest BCUT2D eigenvalue weighted by molar-refractivity contribution is -0.140. The molecule has 6 heteroatoms. The SMILES string of the molecule is CCCCOC(=O)/C=C/C(=O)OCCCN1CCOCC1. The minimum Gasteiger partial charge on any atom is -0.463 e. The van der Waals surface area contributed by atoms with Crippen LogP contribution < -0.4 is 0 Å². The summed E-state index contributed by atoms with van der Waals surface area (Å²) in [5, 5.41) is 0. The van der Waals surface area contributed by atoms with Gasteiger partial charge >= 0.3 is 11.9 Å². The van der Waals surface area contributed by atoms with Crippen molar-refractivity contribution in [1.29, 1.82) is 0 Å². The van der Waals surface area contributed by atoms with Crippen molar-refractivity contribution in [3.63, 3.8) is 0 Å². The Kier molecular flexibility index (Phi) is 9.48. The fourth-order valence-electron chi connectivity index (χ4n) is 1.84. The summed E-state index contributed by atoms with van der Waals surface area (Å²) in [5.74, 6) is -1.02. The van der Waals surface area contributed by atoms with Crippen LogP contribution in [0, 0.1) is 0 Å². The molecule has 0 aromatic rings. The molecule has 0 aliphatic carbocycles. The Morgan fingerprint density at radius 1 is 1.05 bits per heavy atom. The smallest absolute Gasteiger partial charge is 0.331 e. The Bertz CT molecular complexity index is 337. The number of carbonyl (C=O) groups is 2. The van der Waals surface area contributed by atoms with Gasteiger partial charge in [-0.15, -0.1) is 0 Å². The van der Waals surface area contributed by atoms with Crippen LogP contribution in [0.25, 0.3) is 0 Å². The third-order valence-corrected chi connectivity index (χ3v) is 3.06. The lowest BCUT2D eigenvalue weighted by Gasteiger charge is -2.26. The predicted molar refractivity (Wildman–Crippen MR) is 77.8 cm³/mol. The molecular weight excluding hydrogens is 274 g/mol. The van der Waals surface area contributed by atoms with Crippen LogP contribution in [0.5, 0.6) is 0 Å². The molecule has 1 aliphatic heterocycles. The maximum atomic E-state index is 11.4. The lowest BCUT2D eigenvalue weighted by atomic mass is 10.3. The molecule has 1 rings (SSSR count). The van der Waals surface area contributed by atoms with E-state index in [1.165, 1.54) is 0 Å². The second-order valence-corrected chi connectivity index (χ2v) is 4.83. The van der Waals surface area contributed by atoms with Gasteiger partial charge in [-0.25, -0.2) is 9.59 Å². The first-order valence-corrected chi connectivity index (χ1v) is 7.54. The number of hydrogen-bond acceptors (Lipinski definition) is 6. The third kappa shape index (κ3) is 9.20. The van der Waals surface area contributed by atoms with E-state index in [-0.39, 0.29) is 0 Å². The number of morpholine rings is 1. The summed E-state index contributed by atoms with van der Waals surface area (Å²) >= 11 is 0. The van der Waals surface area contributed by atoms with Crippen LogP contribution in [0.1, 0.15) is 26.2 Å². The predicted octanol–water partition coefficient (Wildman–Crippen LogP) is 1.15. The average Bonchev–Trinajstić information content (AvgIpc) is 2.51. The standard InChI is InChI=1S/C15H25NO5/c1-2-3-10-20-14(17)5-6-15(18)21-11-4-7-16-8-12-19-13-9-16/h5-6H,2-4,7-13H2,1H3/b6-5+. The number of unbranched alkanes of at least 4 members (excludes halogenated alkanes) is 1. The van der Waals surface area contributed by atoms with E-state index in [1.807, 2.05) is 6.92 Å². The van der Waals surface area contributed by atoms with Crippen LogP contribution in [0.2, 0.25) is 0 Å². The van der Waals surface area contributed by atoms with Crippen molar-refractivity contribution in [2.24, 2.45) is 0 Å². The molecule has 0 bridgehead atoms. The highest BCUT2D eigenvalue weighted by Crippen LogP contribution is 1.98. The first-order valence-electron chi connectivity index (χ1n) is 7.54. The molecule has 0 spiro atoms. The monoisotopic (exact) mass is 299 g/mol. The summed E-state index contributed by atoms with van der Waals surface area (Å²) in [5.41, 5.74) is 0. The van der Waals surface area contributed by atoms with E-state index < -0.39 is 11.9 Å². The highest BCUT2D eigenvalue weighted by molar-refractivity contribution is 5.91. The summed E-state index contributed by atoms with van der Waals surface area (Å²) in [6.07, 6.45) is 4.79. The van der Waals surface area contributed by atoms with Gasteiger partial charge in [0.25, 0.3) is 0 Å². The van der Waals surface area contributed by atoms with Gasteiger partial charge in [-0.05, 0) is 12.8 Å². The number of nitrogens with zero attached hydrogens (tertiary/aromatic N) is 1. The second-order valence-electron chi connectivity index (χ2n) is 4.83. The molecule has 0 N–H and O–H groups in total. The molecule has 1 aliphatic rings. The van der Waals surface area contributed by atoms with Gasteiger partial charge in [0.05, 0.1) is 26.4 Å². The van der Waals surface area contributed by atoms with Gasteiger partial charge in [-0.2, -0.15) is 0 Å². The van der Waals surface area contributed by atoms with Gasteiger partial charge in [-0.3, -0.25) is 4.90 Å². The second kappa shape index (κ2) is 11.3. The van der Waals surface area contributed by atoms with Crippen LogP contribution in [-0.2, 0) is 23.8 Å². The van der Waals surface area contributed by atoms with E-state index in [9.17, 15) is 9.59 Å². The minimum atomic E-state index is -0.510. The van der Waals surface area contributed by atoms with Gasteiger partial charge in [-0.1, -0.05) is 13.3 Å². The Hall–Kier alpha value is -1.40. The number of carbonyl (C=O) groups excluding carboxylic acids is 2. The zero-order chi connectivity index (χ0) is 15.3. The highest BCUT2D eigenvalue weighted by Gasteiger charge is 2.09. The molecular formula is C15H25NO5. The van der Waals surface area contributed by atoms with Crippen LogP contribution >= 0.6 is 0 Å². The molecule has 6 nitrogen and oxygen atoms in total. The van der Waals surface area contributed by atoms with Gasteiger partial charge in [0.15, 0.2) is 0 Å². The fourth-order valence-corrected chi connectivity index (χ4v) is 1.84. The average molecular weight is 299 g/mol. The Balaban J connectivity index is 2.03. The quantitative estimate of drug-likeness (QED) is 0.361. The summed E-state index contributed by atoms with van der Waals surface area (Å²) < 4.78 is 15.2. The largest absolute Gasteiger partial charge is 0.463 e. The van der Waals surface area contributed by atoms with E-state index in [2.05, 4.69) is 4.90 Å². The molecule has 0 aromatic heterocycles. The van der Waals surface area contributed by atoms with Crippen LogP contribution in [0.4, 0.5) is 0 Å². The molecule has 1 heterocycles. The highest BCUT2D eigenvalue weighted by atomic mass is 16.5. The van der Waals surface area contributed by atoms with Gasteiger partial charge in [0.2, 0.25) is 0 Å². The third-order valence-electron chi connectivity index (χ3n) is 3.06. The lowest BCUT2D eigenvalue weighted by Crippen LogP contribution is -2.37. The van der Waals surface area contributed by atoms with Crippen molar-refractivity contribution in [2.45, 2.75) is 26.2 Å². The van der Waals surface area contributed by atoms with E-state index in [0.717, 1.165) is 64.3 Å². The first kappa shape index (κ1) is 17.7. The number of rotatable bonds is 9. The zero-order valence-corrected chi connectivity index (χ0v) is 12.7. The van der Waals surface area contributed by atoms with Crippen LogP contribution in [-0.4, -0.2) is 62.9 Å². The van der Waals surface area contributed by atoms with Crippen molar-refractivity contribution < 1.29 is 23.8 Å². The molecule has 0 atom stereocenters. The molecule has 0 saturated carbocycles. The maximum Gasteiger partial charge on any atom is 0.331 e. The zero-order valence-electron chi connectivity index (χ0n) is 12.7. The molecule has 1 fully saturated rings. The van der Waals surface area contributed by atoms with Crippen LogP contribution in [0.3, 0.4) is 0 Å². The van der Waals surface area contributed by atoms with Crippen molar-refractivity contribution in [2.75, 3.05) is 46.1 Å². The summed E-state index contributed by atoms with van der Waals surface area (Å²) in [6.45, 7) is 7.03. The van der Waals surface area contributed by atoms with Crippen LogP contribution in [0.15, 0.2) is 12.2 Å². The fraction of sp³-hybridized carbons (Fsp3) is 0.733. The Labute approximate surface area is 126 Å². The number of hydrogen-bond donors (Lipinski definition) is 0. The molecule has 21 heavy (non-hydrogen) atoms. The summed E-state index contributed by atoms with van der Waals surface area (Å²) in [6, 6.07) is 0. The first-order chi connectivity index (χ1) is 10.2. The van der Waals surface area contributed by atoms with E-state index in [0.29, 0.717) is 13.2 Å². The molecule has 0 aromatic carbocycles. The number of ether oxygens (including phenoxy) is 3. The van der Waals surface area contributed by atoms with E-state index in [1.54, 1.807) is 0 Å². The van der Waals surface area contributed by atoms with E-state index in [4.69, 9.17) is 14.2 Å². The molecule has 120 valence electrons. The Morgan fingerprint density at radius 2 is 1.62 bits per heavy atom. The van der Waals surface area contributed by atoms with Gasteiger partial charge in [0, 0.05) is 31.8 Å². The Morgan fingerprint density at radius 3 is 2.19 bits per heavy atom. The molecule has 0 radical (unpaired) electrons. The van der Waals surface area contributed by atoms with E-state index >= 15 is 0 Å². The number of esters is 2. The summed E-state index contributed by atoms with van der Waals surface area (Å²) in [4.78, 5) is 24.9. The van der Waals surface area contributed by atoms with Crippen molar-refractivity contribution in [3.8, 4) is 0 Å². The van der Waals surface area contributed by atoms with Gasteiger partial charge < -0.3 is 14.2 Å². The molecule has 0 amide bonds. The maximum absolute atomic E-state index is 11.4. The molecule has 0 unspecified atom stereocenters. The van der Waals surface area contributed by atoms with Crippen molar-refractivity contribution >= 4 is 11.9 Å². The summed E-state index contributed by atoms with van der Waals surface area (Å²) in [7, 11) is 0. The normalized spacial score (nSPS) is 16.0. The van der Waals surface area contributed by atoms with Crippen molar-refractivity contribution in [3.05, 3.63) is 12.2 Å². The topological polar surface area (TPSA) is 65.1 Å².